The Balaban J connectivity index is 1.95. The number of hydrogen-bond acceptors (Lipinski definition) is 4. The number of benzene rings is 2. The van der Waals surface area contributed by atoms with E-state index < -0.39 is 0 Å². The van der Waals surface area contributed by atoms with E-state index in [0.29, 0.717) is 28.9 Å². The fraction of sp³-hybridized carbons (Fsp3) is 0.150. The Morgan fingerprint density at radius 1 is 1.08 bits per heavy atom. The van der Waals surface area contributed by atoms with Gasteiger partial charge in [0.1, 0.15) is 28.7 Å². The lowest BCUT2D eigenvalue weighted by Gasteiger charge is -2.04. The molecule has 3 rings (SSSR count). The van der Waals surface area contributed by atoms with E-state index in [4.69, 9.17) is 13.9 Å². The highest BCUT2D eigenvalue weighted by Gasteiger charge is 2.09. The van der Waals surface area contributed by atoms with Crippen LogP contribution in [0.5, 0.6) is 11.5 Å². The highest BCUT2D eigenvalue weighted by molar-refractivity contribution is 5.86. The highest BCUT2D eigenvalue weighted by atomic mass is 16.5. The first-order valence-electron chi connectivity index (χ1n) is 7.72. The molecule has 0 fully saturated rings. The van der Waals surface area contributed by atoms with E-state index >= 15 is 0 Å². The van der Waals surface area contributed by atoms with Gasteiger partial charge >= 0.3 is 0 Å². The molecular formula is C20H18O4. The van der Waals surface area contributed by atoms with Crippen LogP contribution in [0.4, 0.5) is 0 Å². The molecule has 0 radical (unpaired) electrons. The lowest BCUT2D eigenvalue weighted by molar-refractivity contribution is 0.340. The molecule has 0 unspecified atom stereocenters. The lowest BCUT2D eigenvalue weighted by Crippen LogP contribution is -2.06. The van der Waals surface area contributed by atoms with Crippen molar-refractivity contribution in [3.05, 3.63) is 70.1 Å². The summed E-state index contributed by atoms with van der Waals surface area (Å²) in [6.45, 7) is 2.58. The molecule has 1 aromatic heterocycles. The fourth-order valence-electron chi connectivity index (χ4n) is 2.47. The van der Waals surface area contributed by atoms with Crippen molar-refractivity contribution in [1.29, 1.82) is 0 Å². The maximum absolute atomic E-state index is 12.7. The zero-order chi connectivity index (χ0) is 16.9. The molecule has 0 aliphatic heterocycles. The monoisotopic (exact) mass is 322 g/mol. The second-order valence-electron chi connectivity index (χ2n) is 5.19. The first-order valence-corrected chi connectivity index (χ1v) is 7.72. The number of ether oxygens (including phenoxy) is 2. The van der Waals surface area contributed by atoms with E-state index in [9.17, 15) is 4.79 Å². The van der Waals surface area contributed by atoms with Crippen molar-refractivity contribution >= 4 is 23.1 Å². The molecule has 2 aromatic carbocycles. The lowest BCUT2D eigenvalue weighted by atomic mass is 10.1. The van der Waals surface area contributed by atoms with Gasteiger partial charge in [-0.3, -0.25) is 4.79 Å². The maximum Gasteiger partial charge on any atom is 0.203 e. The predicted octanol–water partition coefficient (Wildman–Crippen LogP) is 4.37. The third kappa shape index (κ3) is 3.18. The summed E-state index contributed by atoms with van der Waals surface area (Å²) >= 11 is 0. The number of hydrogen-bond donors (Lipinski definition) is 0. The molecule has 4 heteroatoms. The summed E-state index contributed by atoms with van der Waals surface area (Å²) < 4.78 is 16.2. The minimum atomic E-state index is -0.115. The molecule has 4 nitrogen and oxygen atoms in total. The maximum atomic E-state index is 12.7. The molecule has 0 amide bonds. The number of fused-ring (bicyclic) bond motifs is 1. The van der Waals surface area contributed by atoms with Crippen LogP contribution >= 0.6 is 0 Å². The van der Waals surface area contributed by atoms with Gasteiger partial charge in [-0.15, -0.1) is 0 Å². The Morgan fingerprint density at radius 3 is 2.58 bits per heavy atom. The predicted molar refractivity (Wildman–Crippen MR) is 95.6 cm³/mol. The van der Waals surface area contributed by atoms with Gasteiger partial charge in [-0.2, -0.15) is 0 Å². The minimum absolute atomic E-state index is 0.115. The van der Waals surface area contributed by atoms with E-state index in [1.54, 1.807) is 24.3 Å². The summed E-state index contributed by atoms with van der Waals surface area (Å²) in [6, 6.07) is 13.0. The zero-order valence-corrected chi connectivity index (χ0v) is 13.6. The second-order valence-corrected chi connectivity index (χ2v) is 5.19. The van der Waals surface area contributed by atoms with Gasteiger partial charge in [0.15, 0.2) is 0 Å². The van der Waals surface area contributed by atoms with Crippen molar-refractivity contribution in [3.63, 3.8) is 0 Å². The molecule has 122 valence electrons. The van der Waals surface area contributed by atoms with Crippen LogP contribution in [0.15, 0.2) is 57.9 Å². The third-order valence-corrected chi connectivity index (χ3v) is 3.66. The van der Waals surface area contributed by atoms with Crippen LogP contribution in [0.3, 0.4) is 0 Å². The Hall–Kier alpha value is -3.01. The van der Waals surface area contributed by atoms with Gasteiger partial charge in [-0.05, 0) is 42.8 Å². The molecule has 1 heterocycles. The molecule has 24 heavy (non-hydrogen) atoms. The summed E-state index contributed by atoms with van der Waals surface area (Å²) in [4.78, 5) is 12.7. The van der Waals surface area contributed by atoms with E-state index in [2.05, 4.69) is 0 Å². The Labute approximate surface area is 139 Å². The Bertz CT molecular complexity index is 921. The van der Waals surface area contributed by atoms with Crippen LogP contribution in [-0.2, 0) is 0 Å². The summed E-state index contributed by atoms with van der Waals surface area (Å²) in [6.07, 6.45) is 5.08. The van der Waals surface area contributed by atoms with E-state index in [0.717, 1.165) is 11.3 Å². The van der Waals surface area contributed by atoms with Crippen LogP contribution in [-0.4, -0.2) is 13.7 Å². The Morgan fingerprint density at radius 2 is 1.88 bits per heavy atom. The van der Waals surface area contributed by atoms with E-state index in [1.807, 2.05) is 37.3 Å². The van der Waals surface area contributed by atoms with Crippen LogP contribution < -0.4 is 14.9 Å². The van der Waals surface area contributed by atoms with Gasteiger partial charge in [0.2, 0.25) is 5.43 Å². The van der Waals surface area contributed by atoms with Gasteiger partial charge < -0.3 is 13.9 Å². The minimum Gasteiger partial charge on any atom is -0.496 e. The average molecular weight is 322 g/mol. The first kappa shape index (κ1) is 15.9. The molecule has 0 saturated carbocycles. The smallest absolute Gasteiger partial charge is 0.203 e. The van der Waals surface area contributed by atoms with Gasteiger partial charge in [-0.1, -0.05) is 24.3 Å². The molecule has 3 aromatic rings. The van der Waals surface area contributed by atoms with Crippen molar-refractivity contribution < 1.29 is 13.9 Å². The number of methoxy groups -OCH3 is 1. The van der Waals surface area contributed by atoms with Crippen molar-refractivity contribution in [1.82, 2.24) is 0 Å². The van der Waals surface area contributed by atoms with Gasteiger partial charge in [0, 0.05) is 0 Å². The summed E-state index contributed by atoms with van der Waals surface area (Å²) in [5.41, 5.74) is 1.84. The Kier molecular flexibility index (Phi) is 4.66. The van der Waals surface area contributed by atoms with Crippen LogP contribution in [0, 0.1) is 0 Å². The van der Waals surface area contributed by atoms with Crippen LogP contribution in [0.1, 0.15) is 18.1 Å². The molecule has 0 spiro atoms. The standard InChI is InChI=1S/C20H18O4/c1-3-23-16-11-8-14(9-12-16)7-10-15-13-24-18-6-4-5-17(22-2)19(18)20(15)21/h4-13H,3H2,1-2H3. The molecule has 0 saturated heterocycles. The van der Waals surface area contributed by atoms with Crippen molar-refractivity contribution in [2.75, 3.05) is 13.7 Å². The van der Waals surface area contributed by atoms with Crippen LogP contribution in [0.25, 0.3) is 23.1 Å². The average Bonchev–Trinajstić information content (AvgIpc) is 2.62. The van der Waals surface area contributed by atoms with Gasteiger partial charge in [0.25, 0.3) is 0 Å². The molecule has 0 aliphatic carbocycles. The quantitative estimate of drug-likeness (QED) is 0.700. The molecule has 0 aliphatic rings. The van der Waals surface area contributed by atoms with Crippen molar-refractivity contribution in [3.8, 4) is 11.5 Å². The van der Waals surface area contributed by atoms with Crippen LogP contribution in [0.2, 0.25) is 0 Å². The molecular weight excluding hydrogens is 304 g/mol. The normalized spacial score (nSPS) is 11.1. The van der Waals surface area contributed by atoms with E-state index in [1.165, 1.54) is 13.4 Å². The van der Waals surface area contributed by atoms with Crippen molar-refractivity contribution in [2.24, 2.45) is 0 Å². The second kappa shape index (κ2) is 7.04. The largest absolute Gasteiger partial charge is 0.496 e. The zero-order valence-electron chi connectivity index (χ0n) is 13.6. The first-order chi connectivity index (χ1) is 11.7. The highest BCUT2D eigenvalue weighted by Crippen LogP contribution is 2.23. The van der Waals surface area contributed by atoms with Gasteiger partial charge in [-0.25, -0.2) is 0 Å². The molecule has 0 bridgehead atoms. The SMILES string of the molecule is CCOc1ccc(C=Cc2coc3cccc(OC)c3c2=O)cc1. The molecule has 0 atom stereocenters. The topological polar surface area (TPSA) is 48.7 Å². The number of rotatable bonds is 5. The summed E-state index contributed by atoms with van der Waals surface area (Å²) in [5.74, 6) is 1.34. The third-order valence-electron chi connectivity index (χ3n) is 3.66. The molecule has 0 N–H and O–H groups in total. The van der Waals surface area contributed by atoms with Crippen molar-refractivity contribution in [2.45, 2.75) is 6.92 Å². The summed E-state index contributed by atoms with van der Waals surface area (Å²) in [5, 5.41) is 0.453. The summed E-state index contributed by atoms with van der Waals surface area (Å²) in [7, 11) is 1.54. The van der Waals surface area contributed by atoms with Gasteiger partial charge in [0.05, 0.1) is 19.3 Å². The van der Waals surface area contributed by atoms with E-state index in [-0.39, 0.29) is 5.43 Å². The fourth-order valence-corrected chi connectivity index (χ4v) is 2.47.